The van der Waals surface area contributed by atoms with Crippen molar-refractivity contribution < 1.29 is 42.7 Å². The van der Waals surface area contributed by atoms with Crippen LogP contribution in [0.15, 0.2) is 60.1 Å². The van der Waals surface area contributed by atoms with E-state index in [2.05, 4.69) is 30.3 Å². The van der Waals surface area contributed by atoms with Crippen molar-refractivity contribution in [2.75, 3.05) is 49.5 Å². The van der Waals surface area contributed by atoms with Crippen LogP contribution in [0.5, 0.6) is 5.75 Å². The van der Waals surface area contributed by atoms with Gasteiger partial charge in [-0.3, -0.25) is 54.1 Å². The number of phenols is 1. The molecule has 3 aromatic carbocycles. The Hall–Kier alpha value is -6.11. The summed E-state index contributed by atoms with van der Waals surface area (Å²) < 4.78 is 29.8. The lowest BCUT2D eigenvalue weighted by molar-refractivity contribution is -0.136. The highest BCUT2D eigenvalue weighted by molar-refractivity contribution is 7.13. The van der Waals surface area contributed by atoms with Gasteiger partial charge in [0.05, 0.1) is 11.1 Å². The highest BCUT2D eigenvalue weighted by atomic mass is 32.1. The molecule has 6 amide bonds. The van der Waals surface area contributed by atoms with Crippen LogP contribution >= 0.6 is 11.3 Å². The maximum absolute atomic E-state index is 15.4. The second-order valence-electron chi connectivity index (χ2n) is 15.7. The lowest BCUT2D eigenvalue weighted by atomic mass is 10.0. The van der Waals surface area contributed by atoms with Crippen LogP contribution in [0.4, 0.5) is 19.6 Å². The quantitative estimate of drug-likeness (QED) is 0.210. The van der Waals surface area contributed by atoms with Gasteiger partial charge in [0.25, 0.3) is 23.6 Å². The molecule has 5 aliphatic heterocycles. The molecular formula is C42H40F2N8O7S. The van der Waals surface area contributed by atoms with Gasteiger partial charge < -0.3 is 14.9 Å². The number of amides is 6. The molecule has 3 fully saturated rings. The van der Waals surface area contributed by atoms with E-state index in [1.54, 1.807) is 5.38 Å². The van der Waals surface area contributed by atoms with Crippen LogP contribution in [0.2, 0.25) is 0 Å². The van der Waals surface area contributed by atoms with Crippen LogP contribution in [0.3, 0.4) is 0 Å². The summed E-state index contributed by atoms with van der Waals surface area (Å²) in [7, 11) is 0. The zero-order valence-electron chi connectivity index (χ0n) is 32.2. The number of piperazine rings is 1. The number of hydrogen-bond acceptors (Lipinski definition) is 12. The van der Waals surface area contributed by atoms with Gasteiger partial charge in [0.1, 0.15) is 29.5 Å². The first-order valence-corrected chi connectivity index (χ1v) is 20.7. The third-order valence-electron chi connectivity index (χ3n) is 12.1. The molecule has 3 saturated heterocycles. The minimum absolute atomic E-state index is 0.00613. The summed E-state index contributed by atoms with van der Waals surface area (Å²) in [6.45, 7) is 5.01. The molecule has 9 rings (SSSR count). The van der Waals surface area contributed by atoms with E-state index in [1.165, 1.54) is 34.6 Å². The molecule has 0 spiro atoms. The fraction of sp³-hybridized carbons (Fsp3) is 0.357. The average molecular weight is 839 g/mol. The van der Waals surface area contributed by atoms with Crippen LogP contribution in [0.1, 0.15) is 79.5 Å². The highest BCUT2D eigenvalue weighted by Gasteiger charge is 2.46. The molecule has 6 heterocycles. The van der Waals surface area contributed by atoms with E-state index >= 15 is 4.39 Å². The zero-order valence-corrected chi connectivity index (χ0v) is 33.1. The van der Waals surface area contributed by atoms with E-state index in [-0.39, 0.29) is 41.8 Å². The van der Waals surface area contributed by atoms with Gasteiger partial charge in [-0.2, -0.15) is 0 Å². The summed E-state index contributed by atoms with van der Waals surface area (Å²) in [4.78, 5) is 91.2. The van der Waals surface area contributed by atoms with Crippen molar-refractivity contribution in [1.29, 1.82) is 0 Å². The second-order valence-corrected chi connectivity index (χ2v) is 16.6. The molecule has 4 aromatic rings. The molecule has 0 aliphatic carbocycles. The van der Waals surface area contributed by atoms with Crippen molar-refractivity contribution in [2.45, 2.75) is 56.9 Å². The van der Waals surface area contributed by atoms with Crippen molar-refractivity contribution in [3.05, 3.63) is 105 Å². The van der Waals surface area contributed by atoms with Crippen LogP contribution in [0, 0.1) is 11.6 Å². The van der Waals surface area contributed by atoms with E-state index in [4.69, 9.17) is 0 Å². The van der Waals surface area contributed by atoms with Crippen molar-refractivity contribution in [1.82, 2.24) is 29.9 Å². The number of aromatic hydroxyl groups is 1. The predicted octanol–water partition coefficient (Wildman–Crippen LogP) is 3.65. The van der Waals surface area contributed by atoms with Crippen molar-refractivity contribution in [3.63, 3.8) is 0 Å². The van der Waals surface area contributed by atoms with Gasteiger partial charge in [-0.05, 0) is 72.9 Å². The summed E-state index contributed by atoms with van der Waals surface area (Å²) in [5.41, 5.74) is 2.15. The van der Waals surface area contributed by atoms with Crippen LogP contribution < -0.4 is 15.5 Å². The van der Waals surface area contributed by atoms with Gasteiger partial charge in [-0.1, -0.05) is 6.07 Å². The Morgan fingerprint density at radius 1 is 0.900 bits per heavy atom. The van der Waals surface area contributed by atoms with Crippen LogP contribution in [-0.4, -0.2) is 116 Å². The SMILES string of the molecule is O=C1CCC(N2C(=O)c3cc(CN4CCN(C5CCN(c6ccc7c(c6)C(=O)N(C(C(=O)Nc6nccs6)c6cc(F)ccc6O)C7)CC5)CC4)cc(F)c3C2=O)C(=O)N1. The molecule has 15 nitrogen and oxygen atoms in total. The van der Waals surface area contributed by atoms with E-state index < -0.39 is 59.2 Å². The van der Waals surface area contributed by atoms with Crippen molar-refractivity contribution in [3.8, 4) is 5.75 Å². The topological polar surface area (TPSA) is 176 Å². The second kappa shape index (κ2) is 15.8. The van der Waals surface area contributed by atoms with Gasteiger partial charge in [-0.25, -0.2) is 13.8 Å². The zero-order chi connectivity index (χ0) is 41.8. The lowest BCUT2D eigenvalue weighted by Crippen LogP contribution is -2.54. The van der Waals surface area contributed by atoms with Gasteiger partial charge in [0.15, 0.2) is 5.13 Å². The normalized spacial score (nSPS) is 20.7. The number of hydrogen-bond donors (Lipinski definition) is 3. The molecule has 5 aliphatic rings. The van der Waals surface area contributed by atoms with E-state index in [9.17, 15) is 38.3 Å². The Morgan fingerprint density at radius 3 is 2.42 bits per heavy atom. The van der Waals surface area contributed by atoms with E-state index in [1.807, 2.05) is 18.2 Å². The van der Waals surface area contributed by atoms with E-state index in [0.717, 1.165) is 73.4 Å². The monoisotopic (exact) mass is 838 g/mol. The average Bonchev–Trinajstić information content (AvgIpc) is 3.93. The van der Waals surface area contributed by atoms with Gasteiger partial charge in [0, 0.05) is 93.2 Å². The molecular weight excluding hydrogens is 799 g/mol. The summed E-state index contributed by atoms with van der Waals surface area (Å²) >= 11 is 1.20. The number of piperidine rings is 2. The molecule has 0 bridgehead atoms. The fourth-order valence-corrected chi connectivity index (χ4v) is 9.63. The van der Waals surface area contributed by atoms with Crippen molar-refractivity contribution >= 4 is 57.6 Å². The Labute approximate surface area is 346 Å². The number of anilines is 2. The molecule has 2 atom stereocenters. The highest BCUT2D eigenvalue weighted by Crippen LogP contribution is 2.38. The standard InChI is InChI=1S/C42H40F2N8O7S/c43-25-2-5-33(53)29(19-25)36(38(56)47-42-45-9-16-60-42)51-22-24-1-3-27(20-28(24)39(51)57)49-10-7-26(8-11-49)50-14-12-48(13-15-50)21-23-17-30-35(31(44)18-23)41(59)52(40(30)58)32-4-6-34(54)46-37(32)55/h1-3,5,9,16-20,26,32,36,53H,4,6-8,10-15,21-22H2,(H,45,47,56)(H,46,54,55). The van der Waals surface area contributed by atoms with Gasteiger partial charge >= 0.3 is 0 Å². The first kappa shape index (κ1) is 39.4. The van der Waals surface area contributed by atoms with Crippen LogP contribution in [0.25, 0.3) is 0 Å². The first-order valence-electron chi connectivity index (χ1n) is 19.8. The number of thiazole rings is 1. The number of rotatable bonds is 9. The molecule has 1 aromatic heterocycles. The Kier molecular flexibility index (Phi) is 10.4. The molecule has 18 heteroatoms. The smallest absolute Gasteiger partial charge is 0.265 e. The number of carbonyl (C=O) groups is 6. The van der Waals surface area contributed by atoms with Crippen molar-refractivity contribution in [2.24, 2.45) is 0 Å². The summed E-state index contributed by atoms with van der Waals surface area (Å²) in [5, 5.41) is 17.5. The molecule has 310 valence electrons. The van der Waals surface area contributed by atoms with E-state index in [0.29, 0.717) is 41.9 Å². The number of benzene rings is 3. The molecule has 3 N–H and O–H groups in total. The number of imide groups is 2. The number of carbonyl (C=O) groups excluding carboxylic acids is 6. The number of halogens is 2. The Morgan fingerprint density at radius 2 is 1.68 bits per heavy atom. The van der Waals surface area contributed by atoms with Gasteiger partial charge in [0.2, 0.25) is 11.8 Å². The fourth-order valence-electron chi connectivity index (χ4n) is 9.10. The number of nitrogens with one attached hydrogen (secondary N) is 2. The Balaban J connectivity index is 0.804. The number of aromatic nitrogens is 1. The van der Waals surface area contributed by atoms with Crippen LogP contribution in [-0.2, 0) is 27.5 Å². The summed E-state index contributed by atoms with van der Waals surface area (Å²) in [6, 6.07) is 9.68. The molecule has 0 radical (unpaired) electrons. The third kappa shape index (κ3) is 7.28. The number of phenolic OH excluding ortho intramolecular Hbond substituents is 1. The minimum atomic E-state index is -1.31. The maximum atomic E-state index is 15.4. The first-order chi connectivity index (χ1) is 28.9. The third-order valence-corrected chi connectivity index (χ3v) is 12.8. The molecule has 2 unspecified atom stereocenters. The molecule has 60 heavy (non-hydrogen) atoms. The summed E-state index contributed by atoms with van der Waals surface area (Å²) in [5.74, 6) is -5.63. The number of fused-ring (bicyclic) bond motifs is 2. The number of nitrogens with zero attached hydrogens (tertiary/aromatic N) is 6. The maximum Gasteiger partial charge on any atom is 0.265 e. The summed E-state index contributed by atoms with van der Waals surface area (Å²) in [6.07, 6.45) is 3.29. The minimum Gasteiger partial charge on any atom is -0.508 e. The van der Waals surface area contributed by atoms with Gasteiger partial charge in [-0.15, -0.1) is 11.3 Å². The largest absolute Gasteiger partial charge is 0.508 e. The lowest BCUT2D eigenvalue weighted by Gasteiger charge is -2.43. The Bertz CT molecular complexity index is 2430. The molecule has 0 saturated carbocycles. The predicted molar refractivity (Wildman–Crippen MR) is 213 cm³/mol.